The van der Waals surface area contributed by atoms with Crippen LogP contribution in [-0.2, 0) is 0 Å². The zero-order chi connectivity index (χ0) is 15.0. The lowest BCUT2D eigenvalue weighted by atomic mass is 10.00. The van der Waals surface area contributed by atoms with E-state index in [1.807, 2.05) is 0 Å². The van der Waals surface area contributed by atoms with Crippen molar-refractivity contribution in [2.45, 2.75) is 12.5 Å². The highest BCUT2D eigenvalue weighted by Gasteiger charge is 2.24. The molecule has 0 aliphatic carbocycles. The van der Waals surface area contributed by atoms with Crippen LogP contribution in [0.2, 0.25) is 15.1 Å². The molecular formula is C15H11Cl3FNO. The van der Waals surface area contributed by atoms with Gasteiger partial charge in [0.1, 0.15) is 11.6 Å². The Balaban J connectivity index is 1.95. The molecule has 21 heavy (non-hydrogen) atoms. The average molecular weight is 347 g/mol. The van der Waals surface area contributed by atoms with Crippen molar-refractivity contribution in [2.75, 3.05) is 11.9 Å². The molecule has 1 N–H and O–H groups in total. The van der Waals surface area contributed by atoms with Crippen molar-refractivity contribution < 1.29 is 9.13 Å². The maximum atomic E-state index is 13.4. The highest BCUT2D eigenvalue weighted by Crippen LogP contribution is 2.41. The van der Waals surface area contributed by atoms with Crippen molar-refractivity contribution in [3.8, 4) is 5.75 Å². The van der Waals surface area contributed by atoms with E-state index >= 15 is 0 Å². The summed E-state index contributed by atoms with van der Waals surface area (Å²) in [6.45, 7) is 0.523. The number of nitrogens with one attached hydrogen (secondary N) is 1. The Morgan fingerprint density at radius 3 is 2.57 bits per heavy atom. The molecule has 2 aromatic rings. The van der Waals surface area contributed by atoms with E-state index in [-0.39, 0.29) is 11.9 Å². The lowest BCUT2D eigenvalue weighted by Gasteiger charge is -2.28. The van der Waals surface area contributed by atoms with Crippen LogP contribution in [0.4, 0.5) is 10.1 Å². The van der Waals surface area contributed by atoms with Crippen LogP contribution in [-0.4, -0.2) is 6.61 Å². The van der Waals surface area contributed by atoms with Crippen molar-refractivity contribution in [1.29, 1.82) is 0 Å². The molecular weight excluding hydrogens is 336 g/mol. The van der Waals surface area contributed by atoms with Crippen molar-refractivity contribution in [1.82, 2.24) is 0 Å². The van der Waals surface area contributed by atoms with Crippen LogP contribution >= 0.6 is 34.8 Å². The van der Waals surface area contributed by atoms with Gasteiger partial charge in [-0.1, -0.05) is 34.8 Å². The van der Waals surface area contributed by atoms with Gasteiger partial charge in [-0.05, 0) is 30.3 Å². The Hall–Kier alpha value is -1.16. The van der Waals surface area contributed by atoms with Gasteiger partial charge in [0.2, 0.25) is 0 Å². The molecule has 1 aliphatic heterocycles. The molecule has 0 saturated heterocycles. The van der Waals surface area contributed by atoms with Gasteiger partial charge in [-0.15, -0.1) is 0 Å². The van der Waals surface area contributed by atoms with Crippen molar-refractivity contribution in [3.05, 3.63) is 56.8 Å². The number of hydrogen-bond acceptors (Lipinski definition) is 2. The van der Waals surface area contributed by atoms with E-state index in [1.165, 1.54) is 12.1 Å². The third kappa shape index (κ3) is 3.20. The summed E-state index contributed by atoms with van der Waals surface area (Å²) in [5, 5.41) is 4.60. The first-order valence-electron chi connectivity index (χ1n) is 6.37. The van der Waals surface area contributed by atoms with Gasteiger partial charge in [-0.2, -0.15) is 0 Å². The summed E-state index contributed by atoms with van der Waals surface area (Å²) in [5.41, 5.74) is 1.47. The van der Waals surface area contributed by atoms with Crippen molar-refractivity contribution in [2.24, 2.45) is 0 Å². The van der Waals surface area contributed by atoms with Crippen LogP contribution in [0.1, 0.15) is 18.0 Å². The van der Waals surface area contributed by atoms with Crippen LogP contribution in [0, 0.1) is 5.82 Å². The van der Waals surface area contributed by atoms with Gasteiger partial charge < -0.3 is 10.1 Å². The molecule has 0 saturated carbocycles. The quantitative estimate of drug-likeness (QED) is 0.750. The molecule has 1 unspecified atom stereocenters. The predicted molar refractivity (Wildman–Crippen MR) is 84.3 cm³/mol. The molecule has 0 aromatic heterocycles. The number of halogens is 4. The number of benzene rings is 2. The second-order valence-corrected chi connectivity index (χ2v) is 6.08. The molecule has 3 rings (SSSR count). The molecule has 2 nitrogen and oxygen atoms in total. The first-order chi connectivity index (χ1) is 10.0. The van der Waals surface area contributed by atoms with E-state index in [9.17, 15) is 4.39 Å². The highest BCUT2D eigenvalue weighted by molar-refractivity contribution is 6.35. The average Bonchev–Trinajstić information content (AvgIpc) is 2.38. The van der Waals surface area contributed by atoms with Gasteiger partial charge in [0.05, 0.1) is 17.7 Å². The number of rotatable bonds is 2. The van der Waals surface area contributed by atoms with E-state index in [0.717, 1.165) is 12.0 Å². The summed E-state index contributed by atoms with van der Waals surface area (Å²) < 4.78 is 19.0. The van der Waals surface area contributed by atoms with Crippen molar-refractivity contribution in [3.63, 3.8) is 0 Å². The van der Waals surface area contributed by atoms with Crippen LogP contribution in [0.25, 0.3) is 0 Å². The Morgan fingerprint density at radius 1 is 1.05 bits per heavy atom. The Morgan fingerprint density at radius 2 is 1.81 bits per heavy atom. The number of anilines is 1. The number of hydrogen-bond donors (Lipinski definition) is 1. The third-order valence-corrected chi connectivity index (χ3v) is 3.99. The zero-order valence-electron chi connectivity index (χ0n) is 10.8. The highest BCUT2D eigenvalue weighted by atomic mass is 35.5. The zero-order valence-corrected chi connectivity index (χ0v) is 13.1. The minimum Gasteiger partial charge on any atom is -0.492 e. The molecule has 1 heterocycles. The SMILES string of the molecule is Fc1cc(Cl)cc(NC2CCOc3c(Cl)cc(Cl)cc32)c1. The summed E-state index contributed by atoms with van der Waals surface area (Å²) in [7, 11) is 0. The van der Waals surface area contributed by atoms with E-state index in [4.69, 9.17) is 39.5 Å². The minimum atomic E-state index is -0.388. The first-order valence-corrected chi connectivity index (χ1v) is 7.50. The van der Waals surface area contributed by atoms with Crippen molar-refractivity contribution >= 4 is 40.5 Å². The summed E-state index contributed by atoms with van der Waals surface area (Å²) in [6.07, 6.45) is 0.720. The lowest BCUT2D eigenvalue weighted by molar-refractivity contribution is 0.274. The van der Waals surface area contributed by atoms with Gasteiger partial charge in [-0.25, -0.2) is 4.39 Å². The Labute approximate surface area is 136 Å². The largest absolute Gasteiger partial charge is 0.492 e. The summed E-state index contributed by atoms with van der Waals surface area (Å²) in [4.78, 5) is 0. The smallest absolute Gasteiger partial charge is 0.143 e. The Bertz CT molecular complexity index is 673. The summed E-state index contributed by atoms with van der Waals surface area (Å²) in [5.74, 6) is 0.230. The molecule has 1 aliphatic rings. The second-order valence-electron chi connectivity index (χ2n) is 4.80. The minimum absolute atomic E-state index is 0.0668. The second kappa shape index (κ2) is 5.91. The predicted octanol–water partition coefficient (Wildman–Crippen LogP) is 5.72. The maximum absolute atomic E-state index is 13.4. The van der Waals surface area contributed by atoms with Crippen LogP contribution < -0.4 is 10.1 Å². The first kappa shape index (κ1) is 14.8. The fraction of sp³-hybridized carbons (Fsp3) is 0.200. The molecule has 0 radical (unpaired) electrons. The molecule has 0 fully saturated rings. The molecule has 0 amide bonds. The third-order valence-electron chi connectivity index (χ3n) is 3.27. The maximum Gasteiger partial charge on any atom is 0.143 e. The molecule has 2 aromatic carbocycles. The number of ether oxygens (including phenoxy) is 1. The van der Waals surface area contributed by atoms with Crippen LogP contribution in [0.15, 0.2) is 30.3 Å². The van der Waals surface area contributed by atoms with E-state index in [2.05, 4.69) is 5.32 Å². The van der Waals surface area contributed by atoms with E-state index in [1.54, 1.807) is 18.2 Å². The summed E-state index contributed by atoms with van der Waals surface area (Å²) in [6, 6.07) is 7.71. The monoisotopic (exact) mass is 345 g/mol. The normalized spacial score (nSPS) is 17.0. The van der Waals surface area contributed by atoms with Crippen LogP contribution in [0.3, 0.4) is 0 Å². The number of fused-ring (bicyclic) bond motifs is 1. The fourth-order valence-electron chi connectivity index (χ4n) is 2.41. The van der Waals surface area contributed by atoms with Gasteiger partial charge in [-0.3, -0.25) is 0 Å². The standard InChI is InChI=1S/C15H11Cl3FNO/c16-8-3-10(19)7-11(4-8)20-14-1-2-21-15-12(14)5-9(17)6-13(15)18/h3-7,14,20H,1-2H2. The van der Waals surface area contributed by atoms with E-state index < -0.39 is 0 Å². The molecule has 0 bridgehead atoms. The van der Waals surface area contributed by atoms with Crippen LogP contribution in [0.5, 0.6) is 5.75 Å². The fourth-order valence-corrected chi connectivity index (χ4v) is 3.20. The molecule has 110 valence electrons. The summed E-state index contributed by atoms with van der Waals surface area (Å²) >= 11 is 18.1. The van der Waals surface area contributed by atoms with Gasteiger partial charge >= 0.3 is 0 Å². The van der Waals surface area contributed by atoms with E-state index in [0.29, 0.717) is 33.1 Å². The molecule has 0 spiro atoms. The van der Waals surface area contributed by atoms with Gasteiger partial charge in [0.25, 0.3) is 0 Å². The van der Waals surface area contributed by atoms with Gasteiger partial charge in [0, 0.05) is 27.7 Å². The lowest BCUT2D eigenvalue weighted by Crippen LogP contribution is -2.20. The molecule has 6 heteroatoms. The topological polar surface area (TPSA) is 21.3 Å². The molecule has 1 atom stereocenters. The Kier molecular flexibility index (Phi) is 4.16. The van der Waals surface area contributed by atoms with Gasteiger partial charge in [0.15, 0.2) is 0 Å².